The number of fused-ring (bicyclic) bond motifs is 1. The number of hydrogen-bond donors (Lipinski definition) is 4. The summed E-state index contributed by atoms with van der Waals surface area (Å²) < 4.78 is 71.4. The molecule has 6 atom stereocenters. The van der Waals surface area contributed by atoms with Gasteiger partial charge in [-0.2, -0.15) is 4.98 Å². The Balaban J connectivity index is 0.00000409. The second-order valence-electron chi connectivity index (χ2n) is 24.9. The number of aryl methyl sites for hydroxylation is 1. The number of nitrogens with one attached hydrogen (secondary N) is 3. The highest BCUT2D eigenvalue weighted by molar-refractivity contribution is 6.77. The minimum atomic E-state index is -2.62. The van der Waals surface area contributed by atoms with Gasteiger partial charge >= 0.3 is 17.6 Å². The van der Waals surface area contributed by atoms with E-state index in [0.717, 1.165) is 37.7 Å². The third-order valence-electron chi connectivity index (χ3n) is 17.0. The van der Waals surface area contributed by atoms with Gasteiger partial charge in [-0.3, -0.25) is 53.3 Å². The van der Waals surface area contributed by atoms with Crippen molar-refractivity contribution in [1.29, 1.82) is 0 Å². The van der Waals surface area contributed by atoms with Crippen LogP contribution in [-0.2, 0) is 61.7 Å². The zero-order valence-corrected chi connectivity index (χ0v) is 61.5. The number of carbonyl (C=O) groups excluding carboxylic acids is 2. The van der Waals surface area contributed by atoms with Gasteiger partial charge in [0.25, 0.3) is 11.1 Å². The second kappa shape index (κ2) is 34.1. The third-order valence-corrected chi connectivity index (χ3v) is 23.1. The van der Waals surface area contributed by atoms with Gasteiger partial charge in [-0.25, -0.2) is 9.78 Å². The Kier molecular flexibility index (Phi) is 27.0. The number of morpholine rings is 1. The van der Waals surface area contributed by atoms with Crippen LogP contribution >= 0.6 is 0 Å². The van der Waals surface area contributed by atoms with Crippen LogP contribution in [0.1, 0.15) is 103 Å². The van der Waals surface area contributed by atoms with E-state index in [1.165, 1.54) is 28.6 Å². The van der Waals surface area contributed by atoms with E-state index in [0.29, 0.717) is 30.2 Å². The summed E-state index contributed by atoms with van der Waals surface area (Å²) in [6.45, 7) is 21.3. The molecule has 94 heavy (non-hydrogen) atoms. The number of methoxy groups -OCH3 is 2. The highest BCUT2D eigenvalue weighted by Gasteiger charge is 2.52. The van der Waals surface area contributed by atoms with E-state index in [-0.39, 0.29) is 93.1 Å². The monoisotopic (exact) mass is 1360 g/mol. The number of anilines is 1. The lowest BCUT2D eigenvalue weighted by Crippen LogP contribution is -2.62. The molecule has 5 heterocycles. The van der Waals surface area contributed by atoms with Crippen LogP contribution in [0.2, 0.25) is 16.6 Å². The molecule has 29 heteroatoms. The molecular weight excluding hydrogens is 1270 g/mol. The Bertz CT molecular complexity index is 3540. The summed E-state index contributed by atoms with van der Waals surface area (Å²) in [5, 5.41) is 12.6. The number of rotatable bonds is 32. The summed E-state index contributed by atoms with van der Waals surface area (Å²) in [6.07, 6.45) is -1.80. The van der Waals surface area contributed by atoms with Gasteiger partial charge in [0.2, 0.25) is 11.9 Å². The van der Waals surface area contributed by atoms with Crippen molar-refractivity contribution in [2.24, 2.45) is 11.8 Å². The van der Waals surface area contributed by atoms with Crippen LogP contribution < -0.4 is 31.6 Å². The maximum atomic E-state index is 13.9. The number of nitrogens with zero attached hydrogens (tertiary/aromatic N) is 5. The van der Waals surface area contributed by atoms with Crippen molar-refractivity contribution < 1.29 is 70.7 Å². The number of imidazole rings is 1. The zero-order chi connectivity index (χ0) is 68.5. The first-order chi connectivity index (χ1) is 44.9. The highest BCUT2D eigenvalue weighted by Crippen LogP contribution is 2.47. The molecule has 2 saturated heterocycles. The fraction of sp³-hybridized carbons (Fsp3) is 0.538. The lowest BCUT2D eigenvalue weighted by atomic mass is 9.79. The molecule has 514 valence electrons. The van der Waals surface area contributed by atoms with Crippen molar-refractivity contribution in [2.45, 2.75) is 128 Å². The molecule has 0 spiro atoms. The van der Waals surface area contributed by atoms with Crippen molar-refractivity contribution >= 4 is 64.2 Å². The first-order valence-electron chi connectivity index (χ1n) is 31.7. The standard InChI is InChI=1S/C65H88N8O17Si.H6OSi2/c1-40(2)58(77)68-62-67-57-55(60(79)69-62)66-39-73(57)61-56(88-45(10)74)51(32-54(75)76)52(89-61)35-85-31-30-84-29-28-83-27-26-71-34-53(72-33-44(9)59(78)70-63(72)80)90-64(36-71,38-87-91(41(3)4,42(5)6)43(7)8)37-86-65(46-16-14-13-15-17-46,47-18-22-49(81-11)23-19-47)48-20-24-50(82-12)25-21-48;2-1-3/h13-25,33,39-43,51-53,56,61H,26-32,34-38H2,1-12H3,(H,75,76)(H,70,78,80)(H2,67,68,69,77,79);2-3H3/t51-,52+,53-,56-,61-,64+;/m1./s1. The summed E-state index contributed by atoms with van der Waals surface area (Å²) in [5.74, 6) is -2.38. The molecule has 0 bridgehead atoms. The second-order valence-corrected chi connectivity index (χ2v) is 33.6. The summed E-state index contributed by atoms with van der Waals surface area (Å²) in [7, 11) is 2.49. The maximum absolute atomic E-state index is 13.9. The van der Waals surface area contributed by atoms with Crippen molar-refractivity contribution in [3.05, 3.63) is 145 Å². The average Bonchev–Trinajstić information content (AvgIpc) is 0.962. The van der Waals surface area contributed by atoms with E-state index in [2.05, 4.69) is 75.8 Å². The van der Waals surface area contributed by atoms with E-state index >= 15 is 0 Å². The summed E-state index contributed by atoms with van der Waals surface area (Å²) in [5.41, 5.74) is -0.911. The number of ether oxygens (including phenoxy) is 9. The summed E-state index contributed by atoms with van der Waals surface area (Å²) in [4.78, 5) is 92.9. The van der Waals surface area contributed by atoms with Gasteiger partial charge in [-0.05, 0) is 64.5 Å². The first-order valence-corrected chi connectivity index (χ1v) is 35.4. The van der Waals surface area contributed by atoms with Gasteiger partial charge in [-0.15, -0.1) is 0 Å². The molecule has 4 N–H and O–H groups in total. The van der Waals surface area contributed by atoms with Crippen LogP contribution in [0.3, 0.4) is 0 Å². The Morgan fingerprint density at radius 2 is 1.36 bits per heavy atom. The Labute approximate surface area is 554 Å². The lowest BCUT2D eigenvalue weighted by Gasteiger charge is -2.50. The topological polar surface area (TPSA) is 307 Å². The van der Waals surface area contributed by atoms with Crippen molar-refractivity contribution in [3.63, 3.8) is 0 Å². The molecule has 1 amide bonds. The number of carboxylic acids is 1. The summed E-state index contributed by atoms with van der Waals surface area (Å²) >= 11 is 0. The van der Waals surface area contributed by atoms with Gasteiger partial charge in [0.1, 0.15) is 43.7 Å². The van der Waals surface area contributed by atoms with Crippen molar-refractivity contribution in [2.75, 3.05) is 92.0 Å². The van der Waals surface area contributed by atoms with E-state index < -0.39 is 97.1 Å². The predicted molar refractivity (Wildman–Crippen MR) is 361 cm³/mol. The van der Waals surface area contributed by atoms with Crippen LogP contribution in [0, 0.1) is 18.8 Å². The Hall–Kier alpha value is -7.01. The van der Waals surface area contributed by atoms with Crippen LogP contribution in [0.25, 0.3) is 11.2 Å². The molecule has 2 aliphatic rings. The lowest BCUT2D eigenvalue weighted by molar-refractivity contribution is -0.229. The Morgan fingerprint density at radius 3 is 1.91 bits per heavy atom. The largest absolute Gasteiger partial charge is 0.497 e. The van der Waals surface area contributed by atoms with Gasteiger partial charge in [0.15, 0.2) is 38.0 Å². The van der Waals surface area contributed by atoms with Crippen molar-refractivity contribution in [3.8, 4) is 11.5 Å². The number of H-pyrrole nitrogens is 2. The van der Waals surface area contributed by atoms with Crippen LogP contribution in [0.4, 0.5) is 5.95 Å². The molecule has 2 fully saturated rings. The molecule has 3 aromatic carbocycles. The fourth-order valence-corrected chi connectivity index (χ4v) is 18.2. The zero-order valence-electron chi connectivity index (χ0n) is 56.5. The highest BCUT2D eigenvalue weighted by atomic mass is 28.4. The quantitative estimate of drug-likeness (QED) is 0.0189. The SMILES string of the molecule is COc1ccc(C(OC[C@]2(CO[Si](C(C)C)(C(C)C)C(C)C)CN(CCOCCOCCOC[C@@H]3O[C@@H](n4cnc5c(=O)[nH]c(NC(=O)C(C)C)nc54)[C@H](OC(C)=O)[C@@H]3CC(=O)O)C[C@H](n3cc(C)c(=O)[nH]c3=O)O2)(c2ccccc2)c2ccc(OC)cc2)cc1.[SiH3]O[SiH3]. The van der Waals surface area contributed by atoms with E-state index in [4.69, 9.17) is 47.1 Å². The molecule has 2 aliphatic heterocycles. The number of aromatic nitrogens is 6. The minimum Gasteiger partial charge on any atom is -0.497 e. The number of carboxylic acid groups (broad SMARTS) is 1. The molecule has 6 aromatic rings. The maximum Gasteiger partial charge on any atom is 0.330 e. The van der Waals surface area contributed by atoms with Crippen molar-refractivity contribution in [1.82, 2.24) is 34.0 Å². The van der Waals surface area contributed by atoms with Gasteiger partial charge in [0.05, 0.1) is 85.9 Å². The van der Waals surface area contributed by atoms with Crippen LogP contribution in [0.5, 0.6) is 11.5 Å². The molecule has 0 saturated carbocycles. The number of hydrogen-bond acceptors (Lipinski definition) is 20. The predicted octanol–water partition coefficient (Wildman–Crippen LogP) is 4.89. The minimum absolute atomic E-state index is 0.00585. The number of carbonyl (C=O) groups is 3. The molecular formula is C65H94N8O18Si3. The smallest absolute Gasteiger partial charge is 0.330 e. The van der Waals surface area contributed by atoms with E-state index in [1.54, 1.807) is 35.0 Å². The first kappa shape index (κ1) is 74.4. The van der Waals surface area contributed by atoms with E-state index in [9.17, 15) is 33.9 Å². The van der Waals surface area contributed by atoms with E-state index in [1.807, 2.05) is 78.9 Å². The number of aromatic amines is 2. The Morgan fingerprint density at radius 1 is 0.787 bits per heavy atom. The van der Waals surface area contributed by atoms with Gasteiger partial charge in [0, 0.05) is 50.2 Å². The normalized spacial score (nSPS) is 19.5. The molecule has 8 rings (SSSR count). The molecule has 0 aliphatic carbocycles. The number of aliphatic carboxylic acids is 1. The number of esters is 1. The van der Waals surface area contributed by atoms with Crippen LogP contribution in [-0.4, -0.2) is 191 Å². The number of benzene rings is 3. The molecule has 0 radical (unpaired) electrons. The van der Waals surface area contributed by atoms with Gasteiger partial charge in [-0.1, -0.05) is 110 Å². The summed E-state index contributed by atoms with van der Waals surface area (Å²) in [6, 6.07) is 25.6. The van der Waals surface area contributed by atoms with Gasteiger partial charge < -0.3 is 56.3 Å². The third kappa shape index (κ3) is 17.9. The molecule has 0 unspecified atom stereocenters. The average molecular weight is 1360 g/mol. The molecule has 26 nitrogen and oxygen atoms in total. The van der Waals surface area contributed by atoms with Crippen LogP contribution in [0.15, 0.2) is 106 Å². The fourth-order valence-electron chi connectivity index (χ4n) is 12.7. The molecule has 3 aromatic heterocycles. The number of amides is 1.